The molecule has 1 N–H and O–H groups in total. The van der Waals surface area contributed by atoms with E-state index in [0.29, 0.717) is 6.04 Å². The monoisotopic (exact) mass is 221 g/mol. The first kappa shape index (κ1) is 13.6. The molecule has 0 amide bonds. The molecule has 0 aromatic heterocycles. The fourth-order valence-corrected chi connectivity index (χ4v) is 2.72. The molecule has 0 aromatic carbocycles. The van der Waals surface area contributed by atoms with Crippen molar-refractivity contribution in [2.24, 2.45) is 5.92 Å². The van der Waals surface area contributed by atoms with Crippen molar-refractivity contribution in [3.8, 4) is 11.8 Å². The zero-order chi connectivity index (χ0) is 11.6. The average molecular weight is 221 g/mol. The minimum absolute atomic E-state index is 0.683. The molecule has 1 aliphatic rings. The number of rotatable bonds is 6. The SMILES string of the molecule is CC#CCCC(CCC1CCCCC1)NC. The van der Waals surface area contributed by atoms with E-state index >= 15 is 0 Å². The fraction of sp³-hybridized carbons (Fsp3) is 0.867. The summed E-state index contributed by atoms with van der Waals surface area (Å²) >= 11 is 0. The quantitative estimate of drug-likeness (QED) is 0.674. The molecule has 1 aliphatic carbocycles. The standard InChI is InChI=1S/C15H27N/c1-3-4-6-11-15(16-2)13-12-14-9-7-5-8-10-14/h14-16H,5-13H2,1-2H3. The maximum Gasteiger partial charge on any atom is 0.0103 e. The predicted molar refractivity (Wildman–Crippen MR) is 71.3 cm³/mol. The lowest BCUT2D eigenvalue weighted by molar-refractivity contribution is 0.313. The van der Waals surface area contributed by atoms with Gasteiger partial charge in [0.05, 0.1) is 0 Å². The molecular weight excluding hydrogens is 194 g/mol. The van der Waals surface area contributed by atoms with Crippen molar-refractivity contribution in [3.63, 3.8) is 0 Å². The third-order valence-corrected chi connectivity index (χ3v) is 3.85. The van der Waals surface area contributed by atoms with Crippen molar-refractivity contribution in [2.75, 3.05) is 7.05 Å². The van der Waals surface area contributed by atoms with Gasteiger partial charge < -0.3 is 5.32 Å². The van der Waals surface area contributed by atoms with Crippen molar-refractivity contribution in [2.45, 2.75) is 70.8 Å². The zero-order valence-corrected chi connectivity index (χ0v) is 11.0. The van der Waals surface area contributed by atoms with E-state index in [4.69, 9.17) is 0 Å². The van der Waals surface area contributed by atoms with E-state index in [9.17, 15) is 0 Å². The molecule has 0 radical (unpaired) electrons. The van der Waals surface area contributed by atoms with E-state index in [0.717, 1.165) is 12.3 Å². The Morgan fingerprint density at radius 1 is 1.19 bits per heavy atom. The van der Waals surface area contributed by atoms with Gasteiger partial charge in [0.1, 0.15) is 0 Å². The van der Waals surface area contributed by atoms with E-state index in [1.165, 1.54) is 51.4 Å². The van der Waals surface area contributed by atoms with Gasteiger partial charge in [0.2, 0.25) is 0 Å². The van der Waals surface area contributed by atoms with Gasteiger partial charge in [-0.3, -0.25) is 0 Å². The van der Waals surface area contributed by atoms with Gasteiger partial charge in [0, 0.05) is 12.5 Å². The molecule has 1 heteroatoms. The molecule has 0 bridgehead atoms. The molecule has 16 heavy (non-hydrogen) atoms. The topological polar surface area (TPSA) is 12.0 Å². The minimum Gasteiger partial charge on any atom is -0.317 e. The van der Waals surface area contributed by atoms with Crippen molar-refractivity contribution in [3.05, 3.63) is 0 Å². The van der Waals surface area contributed by atoms with E-state index in [-0.39, 0.29) is 0 Å². The van der Waals surface area contributed by atoms with Gasteiger partial charge in [-0.1, -0.05) is 32.1 Å². The van der Waals surface area contributed by atoms with Crippen molar-refractivity contribution in [1.82, 2.24) is 5.32 Å². The Morgan fingerprint density at radius 3 is 2.56 bits per heavy atom. The summed E-state index contributed by atoms with van der Waals surface area (Å²) in [6, 6.07) is 0.683. The van der Waals surface area contributed by atoms with E-state index in [1.54, 1.807) is 0 Å². The van der Waals surface area contributed by atoms with E-state index < -0.39 is 0 Å². The molecule has 1 atom stereocenters. The molecule has 1 nitrogen and oxygen atoms in total. The van der Waals surface area contributed by atoms with Gasteiger partial charge in [-0.05, 0) is 39.2 Å². The van der Waals surface area contributed by atoms with Crippen molar-refractivity contribution < 1.29 is 0 Å². The molecule has 0 aromatic rings. The maximum absolute atomic E-state index is 3.43. The maximum atomic E-state index is 3.43. The summed E-state index contributed by atoms with van der Waals surface area (Å²) in [5.41, 5.74) is 0. The first-order chi connectivity index (χ1) is 7.86. The smallest absolute Gasteiger partial charge is 0.0103 e. The molecular formula is C15H27N. The van der Waals surface area contributed by atoms with Crippen LogP contribution in [0.5, 0.6) is 0 Å². The van der Waals surface area contributed by atoms with Crippen LogP contribution >= 0.6 is 0 Å². The molecule has 0 heterocycles. The molecule has 1 unspecified atom stereocenters. The second-order valence-corrected chi connectivity index (χ2v) is 5.03. The van der Waals surface area contributed by atoms with Gasteiger partial charge in [0.15, 0.2) is 0 Å². The predicted octanol–water partition coefficient (Wildman–Crippen LogP) is 3.74. The average Bonchev–Trinajstić information content (AvgIpc) is 2.35. The van der Waals surface area contributed by atoms with Crippen LogP contribution in [0.4, 0.5) is 0 Å². The molecule has 0 spiro atoms. The van der Waals surface area contributed by atoms with Crippen LogP contribution in [0.25, 0.3) is 0 Å². The fourth-order valence-electron chi connectivity index (χ4n) is 2.72. The highest BCUT2D eigenvalue weighted by molar-refractivity contribution is 4.95. The van der Waals surface area contributed by atoms with Crippen molar-refractivity contribution >= 4 is 0 Å². The van der Waals surface area contributed by atoms with Crippen LogP contribution in [0.15, 0.2) is 0 Å². The van der Waals surface area contributed by atoms with Crippen LogP contribution < -0.4 is 5.32 Å². The number of hydrogen-bond donors (Lipinski definition) is 1. The molecule has 1 fully saturated rings. The van der Waals surface area contributed by atoms with Crippen LogP contribution in [-0.4, -0.2) is 13.1 Å². The van der Waals surface area contributed by atoms with E-state index in [1.807, 2.05) is 6.92 Å². The number of hydrogen-bond acceptors (Lipinski definition) is 1. The third kappa shape index (κ3) is 5.56. The van der Waals surface area contributed by atoms with Crippen LogP contribution in [0, 0.1) is 17.8 Å². The largest absolute Gasteiger partial charge is 0.317 e. The Morgan fingerprint density at radius 2 is 1.94 bits per heavy atom. The summed E-state index contributed by atoms with van der Waals surface area (Å²) < 4.78 is 0. The second kappa shape index (κ2) is 8.65. The van der Waals surface area contributed by atoms with Crippen LogP contribution in [0.3, 0.4) is 0 Å². The van der Waals surface area contributed by atoms with Crippen LogP contribution in [0.1, 0.15) is 64.7 Å². The Bertz CT molecular complexity index is 217. The van der Waals surface area contributed by atoms with Gasteiger partial charge in [-0.15, -0.1) is 11.8 Å². The Balaban J connectivity index is 2.13. The summed E-state index contributed by atoms with van der Waals surface area (Å²) in [6.07, 6.45) is 12.4. The Labute approximate surface area is 101 Å². The van der Waals surface area contributed by atoms with E-state index in [2.05, 4.69) is 24.2 Å². The lowest BCUT2D eigenvalue weighted by Crippen LogP contribution is -2.26. The summed E-state index contributed by atoms with van der Waals surface area (Å²) in [5, 5.41) is 3.43. The van der Waals surface area contributed by atoms with Gasteiger partial charge in [-0.25, -0.2) is 0 Å². The summed E-state index contributed by atoms with van der Waals surface area (Å²) in [6.45, 7) is 1.93. The van der Waals surface area contributed by atoms with Crippen molar-refractivity contribution in [1.29, 1.82) is 0 Å². The highest BCUT2D eigenvalue weighted by atomic mass is 14.9. The first-order valence-corrected chi connectivity index (χ1v) is 6.93. The lowest BCUT2D eigenvalue weighted by Gasteiger charge is -2.23. The molecule has 0 aliphatic heterocycles. The molecule has 1 rings (SSSR count). The summed E-state index contributed by atoms with van der Waals surface area (Å²) in [7, 11) is 2.09. The van der Waals surface area contributed by atoms with Crippen LogP contribution in [-0.2, 0) is 0 Å². The van der Waals surface area contributed by atoms with Gasteiger partial charge >= 0.3 is 0 Å². The first-order valence-electron chi connectivity index (χ1n) is 6.93. The lowest BCUT2D eigenvalue weighted by atomic mass is 9.85. The summed E-state index contributed by atoms with van der Waals surface area (Å²) in [4.78, 5) is 0. The highest BCUT2D eigenvalue weighted by Gasteiger charge is 2.15. The van der Waals surface area contributed by atoms with Gasteiger partial charge in [0.25, 0.3) is 0 Å². The summed E-state index contributed by atoms with van der Waals surface area (Å²) in [5.74, 6) is 7.15. The van der Waals surface area contributed by atoms with Gasteiger partial charge in [-0.2, -0.15) is 0 Å². The van der Waals surface area contributed by atoms with Crippen LogP contribution in [0.2, 0.25) is 0 Å². The zero-order valence-electron chi connectivity index (χ0n) is 11.0. The third-order valence-electron chi connectivity index (χ3n) is 3.85. The Hall–Kier alpha value is -0.480. The highest BCUT2D eigenvalue weighted by Crippen LogP contribution is 2.28. The number of nitrogens with one attached hydrogen (secondary N) is 1. The normalized spacial score (nSPS) is 18.9. The second-order valence-electron chi connectivity index (χ2n) is 5.03. The molecule has 1 saturated carbocycles. The molecule has 0 saturated heterocycles. The molecule has 92 valence electrons. The minimum atomic E-state index is 0.683. The Kier molecular flexibility index (Phi) is 7.34.